The zero-order chi connectivity index (χ0) is 19.2. The van der Waals surface area contributed by atoms with Crippen LogP contribution in [0.2, 0.25) is 0 Å². The van der Waals surface area contributed by atoms with E-state index in [1.54, 1.807) is 30.5 Å². The quantitative estimate of drug-likeness (QED) is 0.843. The van der Waals surface area contributed by atoms with Crippen LogP contribution in [0.3, 0.4) is 0 Å². The fourth-order valence-corrected chi connectivity index (χ4v) is 3.14. The average Bonchev–Trinajstić information content (AvgIpc) is 2.72. The second-order valence-electron chi connectivity index (χ2n) is 6.56. The first-order chi connectivity index (χ1) is 13.1. The number of aromatic nitrogens is 2. The summed E-state index contributed by atoms with van der Waals surface area (Å²) in [7, 11) is 0. The van der Waals surface area contributed by atoms with Crippen molar-refractivity contribution in [2.24, 2.45) is 5.73 Å². The number of rotatable bonds is 6. The molecule has 1 saturated heterocycles. The number of hydrogen-bond donors (Lipinski definition) is 1. The van der Waals surface area contributed by atoms with Gasteiger partial charge in [0, 0.05) is 30.8 Å². The monoisotopic (exact) mass is 368 g/mol. The number of amides is 2. The number of likely N-dealkylation sites (N-methyl/N-ethyl adjacent to an activating group) is 1. The van der Waals surface area contributed by atoms with E-state index in [4.69, 9.17) is 10.5 Å². The molecule has 1 aromatic heterocycles. The highest BCUT2D eigenvalue weighted by molar-refractivity contribution is 5.95. The Hall–Kier alpha value is -2.80. The minimum Gasteiger partial charge on any atom is -0.376 e. The number of carbonyl (C=O) groups excluding carboxylic acids is 2. The normalized spacial score (nSPS) is 16.7. The largest absolute Gasteiger partial charge is 0.376 e. The SMILES string of the molecule is CCN(C[C@@H]1CCCCO1)C(=O)c1ccc(-c2cncc(C(N)=O)n2)cc1. The van der Waals surface area contributed by atoms with Crippen LogP contribution in [0.4, 0.5) is 0 Å². The maximum atomic E-state index is 12.8. The van der Waals surface area contributed by atoms with Gasteiger partial charge in [0.1, 0.15) is 5.69 Å². The molecule has 0 aliphatic carbocycles. The smallest absolute Gasteiger partial charge is 0.268 e. The van der Waals surface area contributed by atoms with Gasteiger partial charge in [0.25, 0.3) is 11.8 Å². The summed E-state index contributed by atoms with van der Waals surface area (Å²) < 4.78 is 5.76. The Balaban J connectivity index is 1.72. The molecule has 142 valence electrons. The van der Waals surface area contributed by atoms with E-state index in [0.29, 0.717) is 24.3 Å². The molecule has 1 atom stereocenters. The number of nitrogens with zero attached hydrogens (tertiary/aromatic N) is 3. The average molecular weight is 368 g/mol. The van der Waals surface area contributed by atoms with Crippen molar-refractivity contribution in [3.05, 3.63) is 47.9 Å². The van der Waals surface area contributed by atoms with E-state index < -0.39 is 5.91 Å². The first-order valence-electron chi connectivity index (χ1n) is 9.21. The maximum Gasteiger partial charge on any atom is 0.268 e. The highest BCUT2D eigenvalue weighted by Crippen LogP contribution is 2.19. The highest BCUT2D eigenvalue weighted by atomic mass is 16.5. The van der Waals surface area contributed by atoms with Gasteiger partial charge in [0.05, 0.1) is 24.2 Å². The molecule has 0 bridgehead atoms. The lowest BCUT2D eigenvalue weighted by Crippen LogP contribution is -2.39. The molecule has 2 heterocycles. The molecule has 3 rings (SSSR count). The molecule has 2 amide bonds. The molecule has 7 heteroatoms. The Morgan fingerprint density at radius 2 is 2.00 bits per heavy atom. The number of ether oxygens (including phenoxy) is 1. The third-order valence-electron chi connectivity index (χ3n) is 4.68. The van der Waals surface area contributed by atoms with E-state index in [-0.39, 0.29) is 17.7 Å². The summed E-state index contributed by atoms with van der Waals surface area (Å²) in [4.78, 5) is 34.1. The number of primary amides is 1. The molecule has 1 aliphatic heterocycles. The van der Waals surface area contributed by atoms with Crippen LogP contribution in [-0.2, 0) is 4.74 Å². The van der Waals surface area contributed by atoms with Gasteiger partial charge in [-0.25, -0.2) is 4.98 Å². The van der Waals surface area contributed by atoms with E-state index >= 15 is 0 Å². The Kier molecular flexibility index (Phi) is 6.13. The van der Waals surface area contributed by atoms with E-state index in [1.807, 2.05) is 11.8 Å². The van der Waals surface area contributed by atoms with Gasteiger partial charge in [0.2, 0.25) is 0 Å². The van der Waals surface area contributed by atoms with Crippen LogP contribution >= 0.6 is 0 Å². The summed E-state index contributed by atoms with van der Waals surface area (Å²) in [5, 5.41) is 0. The van der Waals surface area contributed by atoms with Gasteiger partial charge in [-0.1, -0.05) is 12.1 Å². The van der Waals surface area contributed by atoms with Crippen molar-refractivity contribution in [2.75, 3.05) is 19.7 Å². The standard InChI is InChI=1S/C20H24N4O3/c1-2-24(13-16-5-3-4-10-27-16)20(26)15-8-6-14(7-9-15)17-11-22-12-18(23-17)19(21)25/h6-9,11-12,16H,2-5,10,13H2,1H3,(H2,21,25)/t16-/m0/s1. The van der Waals surface area contributed by atoms with Crippen molar-refractivity contribution in [1.82, 2.24) is 14.9 Å². The van der Waals surface area contributed by atoms with Gasteiger partial charge < -0.3 is 15.4 Å². The van der Waals surface area contributed by atoms with Crippen LogP contribution in [0.15, 0.2) is 36.7 Å². The third kappa shape index (κ3) is 4.68. The van der Waals surface area contributed by atoms with Gasteiger partial charge in [0.15, 0.2) is 0 Å². The van der Waals surface area contributed by atoms with Gasteiger partial charge >= 0.3 is 0 Å². The van der Waals surface area contributed by atoms with Crippen LogP contribution < -0.4 is 5.73 Å². The highest BCUT2D eigenvalue weighted by Gasteiger charge is 2.21. The van der Waals surface area contributed by atoms with Crippen molar-refractivity contribution in [2.45, 2.75) is 32.3 Å². The summed E-state index contributed by atoms with van der Waals surface area (Å²) in [5.74, 6) is -0.644. The molecule has 1 aliphatic rings. The second kappa shape index (κ2) is 8.73. The Labute approximate surface area is 158 Å². The predicted molar refractivity (Wildman–Crippen MR) is 101 cm³/mol. The van der Waals surface area contributed by atoms with Crippen molar-refractivity contribution in [1.29, 1.82) is 0 Å². The lowest BCUT2D eigenvalue weighted by molar-refractivity contribution is -0.00311. The summed E-state index contributed by atoms with van der Waals surface area (Å²) >= 11 is 0. The Morgan fingerprint density at radius 1 is 1.22 bits per heavy atom. The lowest BCUT2D eigenvalue weighted by Gasteiger charge is -2.29. The first kappa shape index (κ1) is 19.0. The van der Waals surface area contributed by atoms with E-state index in [2.05, 4.69) is 9.97 Å². The number of carbonyl (C=O) groups is 2. The van der Waals surface area contributed by atoms with E-state index in [1.165, 1.54) is 6.20 Å². The topological polar surface area (TPSA) is 98.4 Å². The van der Waals surface area contributed by atoms with Crippen molar-refractivity contribution < 1.29 is 14.3 Å². The molecule has 0 spiro atoms. The van der Waals surface area contributed by atoms with Gasteiger partial charge in [-0.15, -0.1) is 0 Å². The number of hydrogen-bond acceptors (Lipinski definition) is 5. The molecule has 1 fully saturated rings. The van der Waals surface area contributed by atoms with Crippen LogP contribution in [-0.4, -0.2) is 52.5 Å². The van der Waals surface area contributed by atoms with E-state index in [0.717, 1.165) is 31.4 Å². The molecular formula is C20H24N4O3. The van der Waals surface area contributed by atoms with Crippen molar-refractivity contribution in [3.8, 4) is 11.3 Å². The zero-order valence-electron chi connectivity index (χ0n) is 15.4. The summed E-state index contributed by atoms with van der Waals surface area (Å²) in [6.45, 7) is 3.99. The zero-order valence-corrected chi connectivity index (χ0v) is 15.4. The molecule has 2 aromatic rings. The summed E-state index contributed by atoms with van der Waals surface area (Å²) in [6, 6.07) is 7.13. The molecule has 2 N–H and O–H groups in total. The van der Waals surface area contributed by atoms with E-state index in [9.17, 15) is 9.59 Å². The fraction of sp³-hybridized carbons (Fsp3) is 0.400. The summed E-state index contributed by atoms with van der Waals surface area (Å²) in [5.41, 5.74) is 7.26. The maximum absolute atomic E-state index is 12.8. The minimum absolute atomic E-state index is 0.0183. The van der Waals surface area contributed by atoms with Crippen molar-refractivity contribution >= 4 is 11.8 Å². The molecule has 0 unspecified atom stereocenters. The van der Waals surface area contributed by atoms with Crippen LogP contribution in [0.1, 0.15) is 47.0 Å². The number of benzene rings is 1. The molecular weight excluding hydrogens is 344 g/mol. The lowest BCUT2D eigenvalue weighted by atomic mass is 10.1. The molecule has 27 heavy (non-hydrogen) atoms. The van der Waals surface area contributed by atoms with Crippen LogP contribution in [0, 0.1) is 0 Å². The van der Waals surface area contributed by atoms with Gasteiger partial charge in [-0.05, 0) is 38.3 Å². The Morgan fingerprint density at radius 3 is 2.63 bits per heavy atom. The van der Waals surface area contributed by atoms with Crippen molar-refractivity contribution in [3.63, 3.8) is 0 Å². The Bertz CT molecular complexity index is 801. The second-order valence-corrected chi connectivity index (χ2v) is 6.56. The predicted octanol–water partition coefficient (Wildman–Crippen LogP) is 2.27. The summed E-state index contributed by atoms with van der Waals surface area (Å²) in [6.07, 6.45) is 6.25. The molecule has 1 aromatic carbocycles. The first-order valence-corrected chi connectivity index (χ1v) is 9.21. The number of nitrogens with two attached hydrogens (primary N) is 1. The minimum atomic E-state index is -0.625. The molecule has 0 radical (unpaired) electrons. The van der Waals surface area contributed by atoms with Crippen LogP contribution in [0.5, 0.6) is 0 Å². The third-order valence-corrected chi connectivity index (χ3v) is 4.68. The van der Waals surface area contributed by atoms with Gasteiger partial charge in [-0.3, -0.25) is 14.6 Å². The van der Waals surface area contributed by atoms with Gasteiger partial charge in [-0.2, -0.15) is 0 Å². The molecule has 0 saturated carbocycles. The van der Waals surface area contributed by atoms with Crippen LogP contribution in [0.25, 0.3) is 11.3 Å². The molecule has 7 nitrogen and oxygen atoms in total. The fourth-order valence-electron chi connectivity index (χ4n) is 3.14.